The van der Waals surface area contributed by atoms with E-state index in [9.17, 15) is 19.5 Å². The van der Waals surface area contributed by atoms with E-state index in [-0.39, 0.29) is 31.5 Å². The summed E-state index contributed by atoms with van der Waals surface area (Å²) >= 11 is 0. The maximum atomic E-state index is 13.0. The molecule has 1 fully saturated rings. The molecule has 1 saturated carbocycles. The molecule has 5 rings (SSSR count). The van der Waals surface area contributed by atoms with Gasteiger partial charge in [0.2, 0.25) is 5.91 Å². The van der Waals surface area contributed by atoms with Crippen LogP contribution in [0.2, 0.25) is 0 Å². The normalized spacial score (nSPS) is 16.4. The van der Waals surface area contributed by atoms with E-state index in [0.717, 1.165) is 47.1 Å². The van der Waals surface area contributed by atoms with Crippen LogP contribution < -0.4 is 10.6 Å². The van der Waals surface area contributed by atoms with Gasteiger partial charge in [-0.15, -0.1) is 0 Å². The first-order valence-corrected chi connectivity index (χ1v) is 14.2. The van der Waals surface area contributed by atoms with Gasteiger partial charge < -0.3 is 25.2 Å². The van der Waals surface area contributed by atoms with Crippen LogP contribution in [0.4, 0.5) is 4.79 Å². The van der Waals surface area contributed by atoms with Gasteiger partial charge in [0.25, 0.3) is 0 Å². The molecule has 0 bridgehead atoms. The predicted octanol–water partition coefficient (Wildman–Crippen LogP) is 5.26. The van der Waals surface area contributed by atoms with Crippen molar-refractivity contribution in [2.75, 3.05) is 6.61 Å². The molecule has 0 heterocycles. The van der Waals surface area contributed by atoms with Crippen LogP contribution in [0.3, 0.4) is 0 Å². The number of rotatable bonds is 12. The topological polar surface area (TPSA) is 114 Å². The monoisotopic (exact) mass is 556 g/mol. The number of aliphatic carboxylic acids is 1. The average molecular weight is 557 g/mol. The molecule has 0 aliphatic heterocycles. The fraction of sp³-hybridized carbons (Fsp3) is 0.364. The molecule has 3 atom stereocenters. The molecular weight excluding hydrogens is 520 g/mol. The van der Waals surface area contributed by atoms with E-state index in [2.05, 4.69) is 34.9 Å². The van der Waals surface area contributed by atoms with Crippen LogP contribution in [0, 0.1) is 5.92 Å². The molecule has 0 aromatic heterocycles. The maximum absolute atomic E-state index is 13.0. The number of carboxylic acids is 1. The number of amides is 2. The Balaban J connectivity index is 1.17. The van der Waals surface area contributed by atoms with Crippen molar-refractivity contribution in [1.29, 1.82) is 0 Å². The van der Waals surface area contributed by atoms with Gasteiger partial charge in [-0.25, -0.2) is 9.59 Å². The highest BCUT2D eigenvalue weighted by Gasteiger charge is 2.34. The van der Waals surface area contributed by atoms with Gasteiger partial charge in [0, 0.05) is 18.4 Å². The van der Waals surface area contributed by atoms with Gasteiger partial charge in [0.1, 0.15) is 6.61 Å². The highest BCUT2D eigenvalue weighted by atomic mass is 16.5. The number of fused-ring (bicyclic) bond motifs is 3. The molecule has 8 nitrogen and oxygen atoms in total. The number of benzene rings is 3. The Labute approximate surface area is 240 Å². The van der Waals surface area contributed by atoms with Crippen LogP contribution in [0.15, 0.2) is 78.9 Å². The van der Waals surface area contributed by atoms with Crippen molar-refractivity contribution in [2.45, 2.75) is 63.3 Å². The second-order valence-electron chi connectivity index (χ2n) is 10.9. The average Bonchev–Trinajstić information content (AvgIpc) is 3.26. The lowest BCUT2D eigenvalue weighted by Crippen LogP contribution is -2.51. The Morgan fingerprint density at radius 3 is 2.07 bits per heavy atom. The largest absolute Gasteiger partial charge is 0.480 e. The Morgan fingerprint density at radius 2 is 1.49 bits per heavy atom. The van der Waals surface area contributed by atoms with Gasteiger partial charge in [0.05, 0.1) is 12.7 Å². The molecule has 2 aliphatic carbocycles. The zero-order valence-electron chi connectivity index (χ0n) is 23.1. The molecule has 8 heteroatoms. The minimum Gasteiger partial charge on any atom is -0.480 e. The van der Waals surface area contributed by atoms with Gasteiger partial charge in [0.15, 0.2) is 6.04 Å². The standard InChI is InChI=1S/C33H36N2O6/c1-21(40-19-22-10-3-2-4-11-22)31(32(37)38)35-30(36)18-29(23-12-9-13-23)34-33(39)41-20-28-26-16-7-5-14-24(26)25-15-6-8-17-27(25)28/h2-8,10-11,14-17,21,23,28-29,31H,9,12-13,18-20H2,1H3,(H,34,39)(H,35,36)(H,37,38)/t21-,29?,31+/m1/s1. The summed E-state index contributed by atoms with van der Waals surface area (Å²) in [7, 11) is 0. The second-order valence-corrected chi connectivity index (χ2v) is 10.9. The van der Waals surface area contributed by atoms with E-state index in [1.165, 1.54) is 0 Å². The Kier molecular flexibility index (Phi) is 8.99. The number of nitrogens with one attached hydrogen (secondary N) is 2. The summed E-state index contributed by atoms with van der Waals surface area (Å²) in [6.07, 6.45) is 1.43. The number of carbonyl (C=O) groups is 3. The molecule has 3 N–H and O–H groups in total. The number of hydrogen-bond acceptors (Lipinski definition) is 5. The van der Waals surface area contributed by atoms with Crippen molar-refractivity contribution in [3.8, 4) is 11.1 Å². The van der Waals surface area contributed by atoms with Gasteiger partial charge in [-0.2, -0.15) is 0 Å². The summed E-state index contributed by atoms with van der Waals surface area (Å²) < 4.78 is 11.5. The summed E-state index contributed by atoms with van der Waals surface area (Å²) in [5.74, 6) is -1.56. The van der Waals surface area contributed by atoms with Crippen molar-refractivity contribution in [3.63, 3.8) is 0 Å². The molecule has 214 valence electrons. The van der Waals surface area contributed by atoms with Crippen molar-refractivity contribution < 1.29 is 29.0 Å². The zero-order valence-corrected chi connectivity index (χ0v) is 23.1. The summed E-state index contributed by atoms with van der Waals surface area (Å²) in [6, 6.07) is 24.0. The quantitative estimate of drug-likeness (QED) is 0.281. The molecule has 2 aliphatic rings. The van der Waals surface area contributed by atoms with E-state index >= 15 is 0 Å². The van der Waals surface area contributed by atoms with Crippen LogP contribution in [0.5, 0.6) is 0 Å². The summed E-state index contributed by atoms with van der Waals surface area (Å²) in [4.78, 5) is 37.9. The predicted molar refractivity (Wildman–Crippen MR) is 154 cm³/mol. The fourth-order valence-corrected chi connectivity index (χ4v) is 5.68. The van der Waals surface area contributed by atoms with Crippen LogP contribution in [-0.4, -0.2) is 47.9 Å². The maximum Gasteiger partial charge on any atom is 0.407 e. The smallest absolute Gasteiger partial charge is 0.407 e. The van der Waals surface area contributed by atoms with Crippen LogP contribution in [0.1, 0.15) is 55.2 Å². The lowest BCUT2D eigenvalue weighted by atomic mass is 9.78. The third-order valence-corrected chi connectivity index (χ3v) is 8.18. The van der Waals surface area contributed by atoms with E-state index in [4.69, 9.17) is 9.47 Å². The van der Waals surface area contributed by atoms with Crippen LogP contribution >= 0.6 is 0 Å². The summed E-state index contributed by atoms with van der Waals surface area (Å²) in [5.41, 5.74) is 5.46. The molecule has 0 spiro atoms. The fourth-order valence-electron chi connectivity index (χ4n) is 5.68. The van der Waals surface area contributed by atoms with Crippen molar-refractivity contribution in [2.24, 2.45) is 5.92 Å². The molecule has 1 unspecified atom stereocenters. The molecule has 0 saturated heterocycles. The van der Waals surface area contributed by atoms with Crippen LogP contribution in [-0.2, 0) is 25.7 Å². The molecule has 41 heavy (non-hydrogen) atoms. The lowest BCUT2D eigenvalue weighted by molar-refractivity contribution is -0.146. The van der Waals surface area contributed by atoms with E-state index in [1.807, 2.05) is 54.6 Å². The van der Waals surface area contributed by atoms with Crippen molar-refractivity contribution in [1.82, 2.24) is 10.6 Å². The van der Waals surface area contributed by atoms with E-state index < -0.39 is 36.2 Å². The zero-order chi connectivity index (χ0) is 28.8. The van der Waals surface area contributed by atoms with Crippen molar-refractivity contribution in [3.05, 3.63) is 95.6 Å². The lowest BCUT2D eigenvalue weighted by Gasteiger charge is -2.34. The van der Waals surface area contributed by atoms with E-state index in [0.29, 0.717) is 0 Å². The molecule has 0 radical (unpaired) electrons. The molecular formula is C33H36N2O6. The van der Waals surface area contributed by atoms with Gasteiger partial charge in [-0.3, -0.25) is 4.79 Å². The minimum absolute atomic E-state index is 0.0377. The first-order chi connectivity index (χ1) is 19.9. The Morgan fingerprint density at radius 1 is 0.878 bits per heavy atom. The molecule has 2 amide bonds. The van der Waals surface area contributed by atoms with Crippen molar-refractivity contribution >= 4 is 18.0 Å². The SMILES string of the molecule is C[C@@H](OCc1ccccc1)[C@H](NC(=O)CC(NC(=O)OCC1c2ccccc2-c2ccccc21)C1CCC1)C(=O)O. The highest BCUT2D eigenvalue weighted by Crippen LogP contribution is 2.44. The van der Waals surface area contributed by atoms with Crippen LogP contribution in [0.25, 0.3) is 11.1 Å². The third kappa shape index (κ3) is 6.77. The first-order valence-electron chi connectivity index (χ1n) is 14.2. The minimum atomic E-state index is -1.22. The summed E-state index contributed by atoms with van der Waals surface area (Å²) in [5, 5.41) is 15.3. The Bertz CT molecular complexity index is 1330. The number of ether oxygens (including phenoxy) is 2. The van der Waals surface area contributed by atoms with Gasteiger partial charge in [-0.1, -0.05) is 85.3 Å². The third-order valence-electron chi connectivity index (χ3n) is 8.18. The first kappa shape index (κ1) is 28.4. The molecule has 3 aromatic rings. The summed E-state index contributed by atoms with van der Waals surface area (Å²) in [6.45, 7) is 2.04. The molecule has 3 aromatic carbocycles. The highest BCUT2D eigenvalue weighted by molar-refractivity contribution is 5.84. The number of carboxylic acid groups (broad SMARTS) is 1. The Hall–Kier alpha value is -4.17. The number of alkyl carbamates (subject to hydrolysis) is 1. The second kappa shape index (κ2) is 13.0. The number of hydrogen-bond donors (Lipinski definition) is 3. The van der Waals surface area contributed by atoms with Gasteiger partial charge in [-0.05, 0) is 53.5 Å². The number of carbonyl (C=O) groups excluding carboxylic acids is 2. The van der Waals surface area contributed by atoms with Gasteiger partial charge >= 0.3 is 12.1 Å². The van der Waals surface area contributed by atoms with E-state index in [1.54, 1.807) is 6.92 Å².